The zero-order valence-electron chi connectivity index (χ0n) is 19.5. The number of thiazole rings is 1. The van der Waals surface area contributed by atoms with E-state index in [1.165, 1.54) is 4.57 Å². The average molecular weight is 490 g/mol. The number of para-hydroxylation sites is 1. The molecular formula is C26H23N3O5S. The minimum absolute atomic E-state index is 0.192. The number of esters is 1. The van der Waals surface area contributed by atoms with Crippen LogP contribution in [0.25, 0.3) is 5.57 Å². The van der Waals surface area contributed by atoms with Crippen molar-refractivity contribution in [3.8, 4) is 5.75 Å². The van der Waals surface area contributed by atoms with Gasteiger partial charge in [-0.3, -0.25) is 14.2 Å². The fourth-order valence-electron chi connectivity index (χ4n) is 4.41. The zero-order chi connectivity index (χ0) is 24.7. The topological polar surface area (TPSA) is 99.0 Å². The van der Waals surface area contributed by atoms with Crippen LogP contribution in [-0.2, 0) is 14.3 Å². The molecule has 1 aromatic heterocycles. The minimum Gasteiger partial charge on any atom is -0.494 e. The van der Waals surface area contributed by atoms with E-state index in [4.69, 9.17) is 9.47 Å². The highest BCUT2D eigenvalue weighted by Crippen LogP contribution is 2.33. The van der Waals surface area contributed by atoms with Gasteiger partial charge in [0.05, 0.1) is 36.1 Å². The number of amides is 1. The molecule has 1 atom stereocenters. The average Bonchev–Trinajstić information content (AvgIpc) is 3.34. The van der Waals surface area contributed by atoms with Crippen LogP contribution in [0.1, 0.15) is 37.9 Å². The molecule has 2 aliphatic rings. The van der Waals surface area contributed by atoms with Gasteiger partial charge in [-0.15, -0.1) is 0 Å². The molecule has 0 aliphatic carbocycles. The summed E-state index contributed by atoms with van der Waals surface area (Å²) in [5.41, 5.74) is 2.72. The first kappa shape index (κ1) is 22.8. The summed E-state index contributed by atoms with van der Waals surface area (Å²) in [6.45, 7) is 6.07. The first-order valence-corrected chi connectivity index (χ1v) is 12.1. The highest BCUT2D eigenvalue weighted by molar-refractivity contribution is 7.07. The van der Waals surface area contributed by atoms with Crippen molar-refractivity contribution in [3.05, 3.63) is 90.6 Å². The maximum absolute atomic E-state index is 13.9. The number of nitrogens with one attached hydrogen (secondary N) is 1. The number of aromatic nitrogens is 1. The largest absolute Gasteiger partial charge is 0.494 e. The van der Waals surface area contributed by atoms with Crippen LogP contribution < -0.4 is 24.9 Å². The smallest absolute Gasteiger partial charge is 0.338 e. The quantitative estimate of drug-likeness (QED) is 0.556. The molecule has 1 N–H and O–H groups in total. The van der Waals surface area contributed by atoms with Gasteiger partial charge in [0.2, 0.25) is 0 Å². The maximum atomic E-state index is 13.9. The number of allylic oxidation sites excluding steroid dienone is 1. The van der Waals surface area contributed by atoms with Crippen molar-refractivity contribution in [2.45, 2.75) is 26.8 Å². The van der Waals surface area contributed by atoms with Crippen molar-refractivity contribution in [1.82, 2.24) is 4.57 Å². The fraction of sp³-hybridized carbons (Fsp3) is 0.231. The van der Waals surface area contributed by atoms with Crippen molar-refractivity contribution in [1.29, 1.82) is 0 Å². The molecule has 2 aromatic carbocycles. The third-order valence-electron chi connectivity index (χ3n) is 5.90. The molecule has 0 saturated carbocycles. The van der Waals surface area contributed by atoms with Gasteiger partial charge in [-0.25, -0.2) is 9.79 Å². The third-order valence-corrected chi connectivity index (χ3v) is 6.95. The Morgan fingerprint density at radius 1 is 1.09 bits per heavy atom. The standard InChI is InChI=1S/C26H23N3O5S/c1-4-33-16-12-10-15(11-13-16)21-19(25(32)34-5-2)14(3)27-26-29(21)24(31)22(35-26)20-17-8-6-7-9-18(17)28-23(20)30/h6-13,21H,4-5H2,1-3H3,(H,28,30)/t21-/m0/s1. The molecule has 0 fully saturated rings. The van der Waals surface area contributed by atoms with Gasteiger partial charge >= 0.3 is 5.97 Å². The predicted molar refractivity (Wildman–Crippen MR) is 132 cm³/mol. The van der Waals surface area contributed by atoms with Gasteiger partial charge < -0.3 is 14.8 Å². The molecule has 3 aromatic rings. The number of nitrogens with zero attached hydrogens (tertiary/aromatic N) is 2. The molecular weight excluding hydrogens is 466 g/mol. The minimum atomic E-state index is -0.755. The second-order valence-electron chi connectivity index (χ2n) is 8.00. The number of fused-ring (bicyclic) bond motifs is 2. The van der Waals surface area contributed by atoms with E-state index in [-0.39, 0.29) is 28.2 Å². The van der Waals surface area contributed by atoms with Crippen LogP contribution in [-0.4, -0.2) is 29.7 Å². The summed E-state index contributed by atoms with van der Waals surface area (Å²) in [5, 5.41) is 2.82. The predicted octanol–water partition coefficient (Wildman–Crippen LogP) is 2.52. The lowest BCUT2D eigenvalue weighted by Gasteiger charge is -2.24. The highest BCUT2D eigenvalue weighted by atomic mass is 32.1. The Morgan fingerprint density at radius 3 is 2.54 bits per heavy atom. The molecule has 0 unspecified atom stereocenters. The number of hydrogen-bond donors (Lipinski definition) is 1. The van der Waals surface area contributed by atoms with Crippen molar-refractivity contribution in [3.63, 3.8) is 0 Å². The highest BCUT2D eigenvalue weighted by Gasteiger charge is 2.35. The summed E-state index contributed by atoms with van der Waals surface area (Å²) in [4.78, 5) is 44.7. The van der Waals surface area contributed by atoms with Crippen molar-refractivity contribution >= 4 is 34.5 Å². The van der Waals surface area contributed by atoms with E-state index < -0.39 is 12.0 Å². The number of hydrogen-bond acceptors (Lipinski definition) is 7. The van der Waals surface area contributed by atoms with Crippen molar-refractivity contribution in [2.75, 3.05) is 18.5 Å². The van der Waals surface area contributed by atoms with Gasteiger partial charge in [-0.05, 0) is 44.5 Å². The van der Waals surface area contributed by atoms with Crippen LogP contribution in [0.15, 0.2) is 69.6 Å². The van der Waals surface area contributed by atoms with Crippen LogP contribution in [0.2, 0.25) is 0 Å². The lowest BCUT2D eigenvalue weighted by atomic mass is 9.96. The number of rotatable bonds is 5. The Kier molecular flexibility index (Phi) is 5.86. The Labute approximate surface area is 204 Å². The summed E-state index contributed by atoms with van der Waals surface area (Å²) in [5.74, 6) is -0.187. The van der Waals surface area contributed by atoms with Crippen LogP contribution >= 0.6 is 11.3 Å². The van der Waals surface area contributed by atoms with Crippen LogP contribution in [0, 0.1) is 0 Å². The second-order valence-corrected chi connectivity index (χ2v) is 8.98. The van der Waals surface area contributed by atoms with E-state index in [0.29, 0.717) is 45.2 Å². The number of ether oxygens (including phenoxy) is 2. The monoisotopic (exact) mass is 489 g/mol. The molecule has 3 heterocycles. The van der Waals surface area contributed by atoms with Crippen molar-refractivity contribution < 1.29 is 19.1 Å². The molecule has 5 rings (SSSR count). The van der Waals surface area contributed by atoms with E-state index in [0.717, 1.165) is 11.3 Å². The van der Waals surface area contributed by atoms with Crippen molar-refractivity contribution in [2.24, 2.45) is 4.99 Å². The normalized spacial score (nSPS) is 17.9. The summed E-state index contributed by atoms with van der Waals surface area (Å²) in [6, 6.07) is 13.7. The third kappa shape index (κ3) is 3.77. The Balaban J connectivity index is 1.77. The summed E-state index contributed by atoms with van der Waals surface area (Å²) in [7, 11) is 0. The Morgan fingerprint density at radius 2 is 1.83 bits per heavy atom. The molecule has 35 heavy (non-hydrogen) atoms. The van der Waals surface area contributed by atoms with Gasteiger partial charge in [-0.2, -0.15) is 0 Å². The molecule has 0 radical (unpaired) electrons. The number of anilines is 1. The fourth-order valence-corrected chi connectivity index (χ4v) is 5.56. The molecule has 0 bridgehead atoms. The van der Waals surface area contributed by atoms with E-state index >= 15 is 0 Å². The number of benzene rings is 2. The Hall–Kier alpha value is -3.98. The summed E-state index contributed by atoms with van der Waals surface area (Å²) < 4.78 is 12.6. The van der Waals surface area contributed by atoms with E-state index in [1.54, 1.807) is 38.1 Å². The van der Waals surface area contributed by atoms with Gasteiger partial charge in [0.15, 0.2) is 4.80 Å². The number of carbonyl (C=O) groups is 2. The van der Waals surface area contributed by atoms with E-state index in [2.05, 4.69) is 10.3 Å². The van der Waals surface area contributed by atoms with Gasteiger partial charge in [0, 0.05) is 11.3 Å². The molecule has 1 amide bonds. The lowest BCUT2D eigenvalue weighted by Crippen LogP contribution is -2.40. The van der Waals surface area contributed by atoms with E-state index in [9.17, 15) is 14.4 Å². The maximum Gasteiger partial charge on any atom is 0.338 e. The SMILES string of the molecule is CCOC(=O)C1=C(C)N=c2sc(=C3C(=O)Nc4ccccc43)c(=O)n2[C@H]1c1ccc(OCC)cc1. The van der Waals surface area contributed by atoms with Gasteiger partial charge in [-0.1, -0.05) is 41.7 Å². The molecule has 0 saturated heterocycles. The summed E-state index contributed by atoms with van der Waals surface area (Å²) >= 11 is 1.14. The van der Waals surface area contributed by atoms with Crippen LogP contribution in [0.3, 0.4) is 0 Å². The van der Waals surface area contributed by atoms with Gasteiger partial charge in [0.1, 0.15) is 10.3 Å². The van der Waals surface area contributed by atoms with Crippen LogP contribution in [0.4, 0.5) is 5.69 Å². The molecule has 178 valence electrons. The van der Waals surface area contributed by atoms with E-state index in [1.807, 2.05) is 31.2 Å². The zero-order valence-corrected chi connectivity index (χ0v) is 20.3. The van der Waals surface area contributed by atoms with Crippen LogP contribution in [0.5, 0.6) is 5.75 Å². The molecule has 9 heteroatoms. The first-order valence-electron chi connectivity index (χ1n) is 11.3. The van der Waals surface area contributed by atoms with Gasteiger partial charge in [0.25, 0.3) is 11.5 Å². The molecule has 8 nitrogen and oxygen atoms in total. The lowest BCUT2D eigenvalue weighted by molar-refractivity contribution is -0.139. The molecule has 2 aliphatic heterocycles. The molecule has 0 spiro atoms. The first-order chi connectivity index (χ1) is 16.9. The number of carbonyl (C=O) groups excluding carboxylic acids is 2. The summed E-state index contributed by atoms with van der Waals surface area (Å²) in [6.07, 6.45) is 0. The second kappa shape index (κ2) is 8.99. The Bertz CT molecular complexity index is 1560.